The highest BCUT2D eigenvalue weighted by Gasteiger charge is 2.23. The van der Waals surface area contributed by atoms with Crippen LogP contribution in [0.5, 0.6) is 0 Å². The molecule has 15 heavy (non-hydrogen) atoms. The summed E-state index contributed by atoms with van der Waals surface area (Å²) in [4.78, 5) is 15.6. The van der Waals surface area contributed by atoms with Gasteiger partial charge in [0.25, 0.3) is 5.91 Å². The number of halogens is 1. The Bertz CT molecular complexity index is 347. The van der Waals surface area contributed by atoms with Gasteiger partial charge in [-0.2, -0.15) is 0 Å². The van der Waals surface area contributed by atoms with Gasteiger partial charge in [-0.25, -0.2) is 4.98 Å². The lowest BCUT2D eigenvalue weighted by Gasteiger charge is -2.09. The standard InChI is InChI=1S/C10H11ClN2O2/c11-7-3-4-9(12-6-7)13-10(14)8-2-1-5-15-8/h3-4,6,8H,1-2,5H2,(H,12,13,14)/t8-/m1/s1. The van der Waals surface area contributed by atoms with Crippen LogP contribution >= 0.6 is 11.6 Å². The average molecular weight is 227 g/mol. The number of amides is 1. The van der Waals surface area contributed by atoms with E-state index in [1.54, 1.807) is 12.1 Å². The lowest BCUT2D eigenvalue weighted by atomic mass is 10.2. The highest BCUT2D eigenvalue weighted by molar-refractivity contribution is 6.30. The number of ether oxygens (including phenoxy) is 1. The van der Waals surface area contributed by atoms with Gasteiger partial charge in [0, 0.05) is 12.8 Å². The lowest BCUT2D eigenvalue weighted by molar-refractivity contribution is -0.124. The maximum atomic E-state index is 11.6. The summed E-state index contributed by atoms with van der Waals surface area (Å²) in [6.45, 7) is 0.659. The van der Waals surface area contributed by atoms with Gasteiger partial charge in [0.15, 0.2) is 0 Å². The van der Waals surface area contributed by atoms with Gasteiger partial charge in [0.2, 0.25) is 0 Å². The topological polar surface area (TPSA) is 51.2 Å². The van der Waals surface area contributed by atoms with Crippen LogP contribution in [0.1, 0.15) is 12.8 Å². The van der Waals surface area contributed by atoms with Crippen molar-refractivity contribution in [2.45, 2.75) is 18.9 Å². The van der Waals surface area contributed by atoms with Crippen molar-refractivity contribution in [2.24, 2.45) is 0 Å². The normalized spacial score (nSPS) is 20.2. The molecule has 1 fully saturated rings. The fourth-order valence-corrected chi connectivity index (χ4v) is 1.55. The molecule has 0 saturated carbocycles. The minimum atomic E-state index is -0.331. The third-order valence-corrected chi connectivity index (χ3v) is 2.42. The summed E-state index contributed by atoms with van der Waals surface area (Å²) in [6.07, 6.45) is 2.88. The van der Waals surface area contributed by atoms with Crippen molar-refractivity contribution >= 4 is 23.3 Å². The predicted molar refractivity (Wildman–Crippen MR) is 56.9 cm³/mol. The van der Waals surface area contributed by atoms with E-state index in [0.717, 1.165) is 12.8 Å². The minimum absolute atomic E-state index is 0.137. The highest BCUT2D eigenvalue weighted by atomic mass is 35.5. The first kappa shape index (κ1) is 10.4. The molecule has 0 bridgehead atoms. The maximum absolute atomic E-state index is 11.6. The second-order valence-corrected chi connectivity index (χ2v) is 3.79. The Morgan fingerprint density at radius 3 is 3.07 bits per heavy atom. The van der Waals surface area contributed by atoms with E-state index in [-0.39, 0.29) is 12.0 Å². The maximum Gasteiger partial charge on any atom is 0.254 e. The lowest BCUT2D eigenvalue weighted by Crippen LogP contribution is -2.27. The first-order chi connectivity index (χ1) is 7.25. The molecule has 0 unspecified atom stereocenters. The first-order valence-electron chi connectivity index (χ1n) is 4.80. The molecule has 1 N–H and O–H groups in total. The zero-order chi connectivity index (χ0) is 10.7. The molecule has 80 valence electrons. The summed E-state index contributed by atoms with van der Waals surface area (Å²) in [6, 6.07) is 3.34. The fraction of sp³-hybridized carbons (Fsp3) is 0.400. The van der Waals surface area contributed by atoms with E-state index in [1.807, 2.05) is 0 Å². The molecule has 1 amide bonds. The SMILES string of the molecule is O=C(Nc1ccc(Cl)cn1)[C@H]1CCCO1. The molecular weight excluding hydrogens is 216 g/mol. The number of nitrogens with one attached hydrogen (secondary N) is 1. The molecule has 1 atom stereocenters. The third kappa shape index (κ3) is 2.67. The minimum Gasteiger partial charge on any atom is -0.368 e. The summed E-state index contributed by atoms with van der Waals surface area (Å²) < 4.78 is 5.24. The van der Waals surface area contributed by atoms with Crippen LogP contribution in [-0.4, -0.2) is 23.6 Å². The number of hydrogen-bond acceptors (Lipinski definition) is 3. The first-order valence-corrected chi connectivity index (χ1v) is 5.17. The average Bonchev–Trinajstić information content (AvgIpc) is 2.74. The summed E-state index contributed by atoms with van der Waals surface area (Å²) >= 11 is 5.68. The summed E-state index contributed by atoms with van der Waals surface area (Å²) in [5.41, 5.74) is 0. The van der Waals surface area contributed by atoms with Crippen molar-refractivity contribution in [3.05, 3.63) is 23.4 Å². The molecule has 5 heteroatoms. The Morgan fingerprint density at radius 2 is 2.47 bits per heavy atom. The van der Waals surface area contributed by atoms with Crippen molar-refractivity contribution in [3.63, 3.8) is 0 Å². The molecule has 1 aliphatic heterocycles. The van der Waals surface area contributed by atoms with Gasteiger partial charge in [0.05, 0.1) is 5.02 Å². The molecule has 2 rings (SSSR count). The van der Waals surface area contributed by atoms with E-state index in [1.165, 1.54) is 6.20 Å². The molecule has 1 saturated heterocycles. The number of aromatic nitrogens is 1. The van der Waals surface area contributed by atoms with Gasteiger partial charge in [-0.3, -0.25) is 4.79 Å². The van der Waals surface area contributed by atoms with Gasteiger partial charge in [-0.15, -0.1) is 0 Å². The van der Waals surface area contributed by atoms with Crippen LogP contribution in [0.3, 0.4) is 0 Å². The molecule has 0 radical (unpaired) electrons. The molecule has 1 aromatic rings. The number of pyridine rings is 1. The number of hydrogen-bond donors (Lipinski definition) is 1. The predicted octanol–water partition coefficient (Wildman–Crippen LogP) is 1.85. The Balaban J connectivity index is 1.96. The second-order valence-electron chi connectivity index (χ2n) is 3.35. The van der Waals surface area contributed by atoms with E-state index in [9.17, 15) is 4.79 Å². The quantitative estimate of drug-likeness (QED) is 0.838. The van der Waals surface area contributed by atoms with Crippen molar-refractivity contribution in [2.75, 3.05) is 11.9 Å². The van der Waals surface area contributed by atoms with E-state index in [4.69, 9.17) is 16.3 Å². The van der Waals surface area contributed by atoms with Crippen LogP contribution in [0.2, 0.25) is 5.02 Å². The molecule has 0 aromatic carbocycles. The smallest absolute Gasteiger partial charge is 0.254 e. The zero-order valence-electron chi connectivity index (χ0n) is 8.07. The van der Waals surface area contributed by atoms with E-state index >= 15 is 0 Å². The van der Waals surface area contributed by atoms with Gasteiger partial charge >= 0.3 is 0 Å². The Labute approximate surface area is 92.6 Å². The Hall–Kier alpha value is -1.13. The number of carbonyl (C=O) groups is 1. The summed E-state index contributed by atoms with van der Waals surface area (Å²) in [7, 11) is 0. The molecule has 1 aromatic heterocycles. The van der Waals surface area contributed by atoms with Crippen LogP contribution in [0, 0.1) is 0 Å². The number of rotatable bonds is 2. The van der Waals surface area contributed by atoms with Crippen molar-refractivity contribution in [1.29, 1.82) is 0 Å². The van der Waals surface area contributed by atoms with E-state index < -0.39 is 0 Å². The second kappa shape index (κ2) is 4.59. The Kier molecular flexibility index (Phi) is 3.18. The van der Waals surface area contributed by atoms with Gasteiger partial charge in [-0.1, -0.05) is 11.6 Å². The van der Waals surface area contributed by atoms with Crippen molar-refractivity contribution < 1.29 is 9.53 Å². The van der Waals surface area contributed by atoms with E-state index in [2.05, 4.69) is 10.3 Å². The van der Waals surface area contributed by atoms with Crippen LogP contribution in [0.15, 0.2) is 18.3 Å². The molecule has 2 heterocycles. The van der Waals surface area contributed by atoms with Gasteiger partial charge < -0.3 is 10.1 Å². The van der Waals surface area contributed by atoms with Crippen LogP contribution in [0.4, 0.5) is 5.82 Å². The van der Waals surface area contributed by atoms with Gasteiger partial charge in [-0.05, 0) is 25.0 Å². The van der Waals surface area contributed by atoms with Crippen molar-refractivity contribution in [1.82, 2.24) is 4.98 Å². The van der Waals surface area contributed by atoms with Crippen molar-refractivity contribution in [3.8, 4) is 0 Å². The third-order valence-electron chi connectivity index (χ3n) is 2.20. The van der Waals surface area contributed by atoms with Gasteiger partial charge in [0.1, 0.15) is 11.9 Å². The van der Waals surface area contributed by atoms with E-state index in [0.29, 0.717) is 17.4 Å². The highest BCUT2D eigenvalue weighted by Crippen LogP contribution is 2.15. The number of nitrogens with zero attached hydrogens (tertiary/aromatic N) is 1. The molecule has 1 aliphatic rings. The molecule has 4 nitrogen and oxygen atoms in total. The molecule has 0 aliphatic carbocycles. The van der Waals surface area contributed by atoms with Crippen LogP contribution in [-0.2, 0) is 9.53 Å². The van der Waals surface area contributed by atoms with Crippen LogP contribution in [0.25, 0.3) is 0 Å². The fourth-order valence-electron chi connectivity index (χ4n) is 1.44. The monoisotopic (exact) mass is 226 g/mol. The molecule has 0 spiro atoms. The number of carbonyl (C=O) groups excluding carboxylic acids is 1. The summed E-state index contributed by atoms with van der Waals surface area (Å²) in [5.74, 6) is 0.363. The molecular formula is C10H11ClN2O2. The number of anilines is 1. The summed E-state index contributed by atoms with van der Waals surface area (Å²) in [5, 5.41) is 3.22. The van der Waals surface area contributed by atoms with Crippen LogP contribution < -0.4 is 5.32 Å². The Morgan fingerprint density at radius 1 is 1.60 bits per heavy atom. The largest absolute Gasteiger partial charge is 0.368 e. The zero-order valence-corrected chi connectivity index (χ0v) is 8.83.